The van der Waals surface area contributed by atoms with Crippen molar-refractivity contribution in [1.29, 1.82) is 0 Å². The number of amides is 1. The van der Waals surface area contributed by atoms with Crippen LogP contribution in [0.4, 0.5) is 4.39 Å². The Balaban J connectivity index is 1.51. The van der Waals surface area contributed by atoms with Gasteiger partial charge in [-0.2, -0.15) is 5.10 Å². The maximum atomic E-state index is 13.9. The zero-order valence-electron chi connectivity index (χ0n) is 17.3. The van der Waals surface area contributed by atoms with E-state index in [2.05, 4.69) is 12.2 Å². The van der Waals surface area contributed by atoms with Gasteiger partial charge in [-0.15, -0.1) is 0 Å². The Hall–Kier alpha value is -2.21. The summed E-state index contributed by atoms with van der Waals surface area (Å²) in [6.07, 6.45) is 7.21. The molecule has 1 amide bonds. The molecule has 0 radical (unpaired) electrons. The molecule has 5 nitrogen and oxygen atoms in total. The van der Waals surface area contributed by atoms with Gasteiger partial charge >= 0.3 is 0 Å². The Bertz CT molecular complexity index is 855. The first-order chi connectivity index (χ1) is 14.2. The lowest BCUT2D eigenvalue weighted by Crippen LogP contribution is -2.36. The third-order valence-electron chi connectivity index (χ3n) is 6.28. The molecule has 1 atom stereocenters. The lowest BCUT2D eigenvalue weighted by atomic mass is 9.91. The van der Waals surface area contributed by atoms with Gasteiger partial charge in [0.15, 0.2) is 5.69 Å². The Morgan fingerprint density at radius 3 is 2.69 bits per heavy atom. The topological polar surface area (TPSA) is 50.2 Å². The number of hydrogen-bond donors (Lipinski definition) is 1. The number of benzene rings is 1. The monoisotopic (exact) mass is 398 g/mol. The van der Waals surface area contributed by atoms with E-state index in [4.69, 9.17) is 5.10 Å². The minimum atomic E-state index is -0.174. The van der Waals surface area contributed by atoms with Crippen molar-refractivity contribution in [2.24, 2.45) is 0 Å². The maximum Gasteiger partial charge on any atom is 0.274 e. The van der Waals surface area contributed by atoms with Gasteiger partial charge in [0.1, 0.15) is 5.82 Å². The largest absolute Gasteiger partial charge is 0.337 e. The standard InChI is InChI=1S/C23H31FN4O/c1-2-28-21-12-11-18(25-16-17-9-5-6-10-20(17)24)15-19(21)22(26-28)23(29)27-13-7-3-4-8-14-27/h5-6,9-10,18,25H,2-4,7-8,11-16H2,1H3. The van der Waals surface area contributed by atoms with Crippen molar-refractivity contribution < 1.29 is 9.18 Å². The molecule has 1 aliphatic heterocycles. The highest BCUT2D eigenvalue weighted by Crippen LogP contribution is 2.27. The quantitative estimate of drug-likeness (QED) is 0.835. The van der Waals surface area contributed by atoms with Gasteiger partial charge in [0, 0.05) is 49.0 Å². The van der Waals surface area contributed by atoms with Crippen LogP contribution in [0, 0.1) is 5.82 Å². The van der Waals surface area contributed by atoms with Crippen molar-refractivity contribution in [3.63, 3.8) is 0 Å². The predicted molar refractivity (Wildman–Crippen MR) is 111 cm³/mol. The molecule has 1 N–H and O–H groups in total. The normalized spacial score (nSPS) is 19.7. The predicted octanol–water partition coefficient (Wildman–Crippen LogP) is 3.71. The van der Waals surface area contributed by atoms with Gasteiger partial charge in [0.25, 0.3) is 5.91 Å². The van der Waals surface area contributed by atoms with Gasteiger partial charge in [-0.1, -0.05) is 31.0 Å². The number of aryl methyl sites for hydroxylation is 1. The summed E-state index contributed by atoms with van der Waals surface area (Å²) in [6.45, 7) is 5.03. The molecular formula is C23H31FN4O. The van der Waals surface area contributed by atoms with E-state index in [-0.39, 0.29) is 17.8 Å². The van der Waals surface area contributed by atoms with Crippen LogP contribution < -0.4 is 5.32 Å². The van der Waals surface area contributed by atoms with E-state index in [9.17, 15) is 9.18 Å². The zero-order valence-corrected chi connectivity index (χ0v) is 17.3. The number of halogens is 1. The Morgan fingerprint density at radius 1 is 1.21 bits per heavy atom. The number of rotatable bonds is 5. The summed E-state index contributed by atoms with van der Waals surface area (Å²) in [4.78, 5) is 15.3. The smallest absolute Gasteiger partial charge is 0.274 e. The molecule has 2 heterocycles. The molecule has 1 saturated heterocycles. The van der Waals surface area contributed by atoms with Crippen LogP contribution in [0.5, 0.6) is 0 Å². The molecule has 4 rings (SSSR count). The second-order valence-corrected chi connectivity index (χ2v) is 8.21. The molecule has 156 valence electrons. The number of hydrogen-bond acceptors (Lipinski definition) is 3. The van der Waals surface area contributed by atoms with Crippen LogP contribution in [0.1, 0.15) is 66.3 Å². The summed E-state index contributed by atoms with van der Waals surface area (Å²) < 4.78 is 15.9. The second kappa shape index (κ2) is 9.08. The second-order valence-electron chi connectivity index (χ2n) is 8.21. The highest BCUT2D eigenvalue weighted by molar-refractivity contribution is 5.94. The maximum absolute atomic E-state index is 13.9. The molecule has 1 fully saturated rings. The summed E-state index contributed by atoms with van der Waals surface area (Å²) >= 11 is 0. The third kappa shape index (κ3) is 4.37. The molecule has 6 heteroatoms. The SMILES string of the molecule is CCn1nc(C(=O)N2CCCCCC2)c2c1CCC(NCc1ccccc1F)C2. The summed E-state index contributed by atoms with van der Waals surface area (Å²) in [5.74, 6) is -0.0857. The molecule has 1 aliphatic carbocycles. The molecular weight excluding hydrogens is 367 g/mol. The lowest BCUT2D eigenvalue weighted by Gasteiger charge is -2.25. The number of carbonyl (C=O) groups is 1. The summed E-state index contributed by atoms with van der Waals surface area (Å²) in [5.41, 5.74) is 3.62. The van der Waals surface area contributed by atoms with Crippen LogP contribution in [-0.2, 0) is 25.9 Å². The minimum Gasteiger partial charge on any atom is -0.337 e. The highest BCUT2D eigenvalue weighted by Gasteiger charge is 2.31. The van der Waals surface area contributed by atoms with Crippen molar-refractivity contribution in [3.05, 3.63) is 52.6 Å². The number of nitrogens with one attached hydrogen (secondary N) is 1. The number of aromatic nitrogens is 2. The average Bonchev–Trinajstić information content (AvgIpc) is 2.90. The Morgan fingerprint density at radius 2 is 1.97 bits per heavy atom. The molecule has 0 bridgehead atoms. The third-order valence-corrected chi connectivity index (χ3v) is 6.28. The van der Waals surface area contributed by atoms with Crippen LogP contribution in [0.2, 0.25) is 0 Å². The fraction of sp³-hybridized carbons (Fsp3) is 0.565. The summed E-state index contributed by atoms with van der Waals surface area (Å²) in [7, 11) is 0. The van der Waals surface area contributed by atoms with Gasteiger partial charge < -0.3 is 10.2 Å². The van der Waals surface area contributed by atoms with Crippen molar-refractivity contribution in [2.45, 2.75) is 71.0 Å². The fourth-order valence-electron chi connectivity index (χ4n) is 4.61. The molecule has 2 aliphatic rings. The number of likely N-dealkylation sites (tertiary alicyclic amines) is 1. The first-order valence-electron chi connectivity index (χ1n) is 11.0. The van der Waals surface area contributed by atoms with E-state index in [0.717, 1.165) is 57.3 Å². The van der Waals surface area contributed by atoms with E-state index < -0.39 is 0 Å². The number of nitrogens with zero attached hydrogens (tertiary/aromatic N) is 3. The molecule has 0 spiro atoms. The van der Waals surface area contributed by atoms with Crippen molar-refractivity contribution in [2.75, 3.05) is 13.1 Å². The summed E-state index contributed by atoms with van der Waals surface area (Å²) in [5, 5.41) is 8.22. The van der Waals surface area contributed by atoms with Crippen LogP contribution in [-0.4, -0.2) is 39.7 Å². The lowest BCUT2D eigenvalue weighted by molar-refractivity contribution is 0.0753. The van der Waals surface area contributed by atoms with Crippen LogP contribution >= 0.6 is 0 Å². The molecule has 29 heavy (non-hydrogen) atoms. The van der Waals surface area contributed by atoms with Crippen LogP contribution in [0.25, 0.3) is 0 Å². The molecule has 0 saturated carbocycles. The van der Waals surface area contributed by atoms with Gasteiger partial charge in [0.05, 0.1) is 0 Å². The highest BCUT2D eigenvalue weighted by atomic mass is 19.1. The fourth-order valence-corrected chi connectivity index (χ4v) is 4.61. The number of fused-ring (bicyclic) bond motifs is 1. The average molecular weight is 399 g/mol. The Kier molecular flexibility index (Phi) is 6.28. The first-order valence-corrected chi connectivity index (χ1v) is 11.0. The van der Waals surface area contributed by atoms with Crippen molar-refractivity contribution in [1.82, 2.24) is 20.0 Å². The van der Waals surface area contributed by atoms with Crippen molar-refractivity contribution in [3.8, 4) is 0 Å². The van der Waals surface area contributed by atoms with Crippen LogP contribution in [0.3, 0.4) is 0 Å². The van der Waals surface area contributed by atoms with E-state index in [1.165, 1.54) is 24.6 Å². The van der Waals surface area contributed by atoms with Gasteiger partial charge in [-0.3, -0.25) is 9.48 Å². The van der Waals surface area contributed by atoms with Gasteiger partial charge in [-0.05, 0) is 45.1 Å². The first kappa shape index (κ1) is 20.1. The Labute approximate surface area is 172 Å². The van der Waals surface area contributed by atoms with E-state index in [1.807, 2.05) is 21.7 Å². The molecule has 2 aromatic rings. The van der Waals surface area contributed by atoms with E-state index >= 15 is 0 Å². The minimum absolute atomic E-state index is 0.0881. The number of carbonyl (C=O) groups excluding carboxylic acids is 1. The molecule has 1 unspecified atom stereocenters. The zero-order chi connectivity index (χ0) is 20.2. The van der Waals surface area contributed by atoms with Gasteiger partial charge in [0.2, 0.25) is 0 Å². The van der Waals surface area contributed by atoms with E-state index in [1.54, 1.807) is 6.07 Å². The van der Waals surface area contributed by atoms with Gasteiger partial charge in [-0.25, -0.2) is 4.39 Å². The molecule has 1 aromatic carbocycles. The molecule has 1 aromatic heterocycles. The van der Waals surface area contributed by atoms with Crippen molar-refractivity contribution >= 4 is 5.91 Å². The van der Waals surface area contributed by atoms with Crippen LogP contribution in [0.15, 0.2) is 24.3 Å². The van der Waals surface area contributed by atoms with E-state index in [0.29, 0.717) is 17.8 Å². The summed E-state index contributed by atoms with van der Waals surface area (Å²) in [6, 6.07) is 7.12.